The molecule has 42 heavy (non-hydrogen) atoms. The lowest BCUT2D eigenvalue weighted by molar-refractivity contribution is -0.133. The number of hydrogen-bond donors (Lipinski definition) is 4. The molecule has 0 bridgehead atoms. The number of carbonyl (C=O) groups is 3. The van der Waals surface area contributed by atoms with Crippen molar-refractivity contribution in [2.45, 2.75) is 58.2 Å². The van der Waals surface area contributed by atoms with Crippen LogP contribution < -0.4 is 26.0 Å². The van der Waals surface area contributed by atoms with Crippen LogP contribution in [-0.4, -0.2) is 55.5 Å². The van der Waals surface area contributed by atoms with Crippen LogP contribution in [0.3, 0.4) is 0 Å². The molecule has 3 aromatic carbocycles. The minimum absolute atomic E-state index is 0.186. The van der Waals surface area contributed by atoms with Crippen LogP contribution >= 0.6 is 0 Å². The molecular weight excluding hydrogens is 528 g/mol. The van der Waals surface area contributed by atoms with E-state index in [1.54, 1.807) is 0 Å². The molecule has 3 amide bonds. The number of fused-ring (bicyclic) bond motifs is 2. The van der Waals surface area contributed by atoms with Crippen LogP contribution in [0.25, 0.3) is 16.8 Å². The minimum atomic E-state index is -0.799. The van der Waals surface area contributed by atoms with Crippen molar-refractivity contribution < 1.29 is 19.1 Å². The topological polar surface area (TPSA) is 109 Å². The summed E-state index contributed by atoms with van der Waals surface area (Å²) in [6.07, 6.45) is 5.41. The Balaban J connectivity index is 1.61. The van der Waals surface area contributed by atoms with Crippen molar-refractivity contribution in [2.75, 3.05) is 19.7 Å². The van der Waals surface area contributed by atoms with Crippen molar-refractivity contribution in [3.05, 3.63) is 83.9 Å². The number of para-hydroxylation sites is 1. The van der Waals surface area contributed by atoms with Crippen molar-refractivity contribution in [3.63, 3.8) is 0 Å². The van der Waals surface area contributed by atoms with Crippen LogP contribution in [0, 0.1) is 5.92 Å². The molecule has 0 unspecified atom stereocenters. The highest BCUT2D eigenvalue weighted by Gasteiger charge is 2.30. The highest BCUT2D eigenvalue weighted by atomic mass is 16.5. The van der Waals surface area contributed by atoms with Crippen molar-refractivity contribution in [2.24, 2.45) is 5.92 Å². The molecule has 8 nitrogen and oxygen atoms in total. The lowest BCUT2D eigenvalue weighted by atomic mass is 9.99. The maximum atomic E-state index is 13.7. The van der Waals surface area contributed by atoms with Gasteiger partial charge in [0.1, 0.15) is 24.4 Å². The van der Waals surface area contributed by atoms with E-state index in [0.717, 1.165) is 34.1 Å². The average Bonchev–Trinajstić information content (AvgIpc) is 2.99. The fourth-order valence-electron chi connectivity index (χ4n) is 5.08. The first-order chi connectivity index (χ1) is 20.4. The number of carbonyl (C=O) groups excluding carboxylic acids is 3. The molecule has 4 N–H and O–H groups in total. The number of ether oxygens (including phenoxy) is 1. The van der Waals surface area contributed by atoms with Crippen LogP contribution in [0.4, 0.5) is 0 Å². The summed E-state index contributed by atoms with van der Waals surface area (Å²) in [5.74, 6) is -0.378. The third kappa shape index (κ3) is 8.42. The molecule has 1 aliphatic heterocycles. The van der Waals surface area contributed by atoms with Gasteiger partial charge in [-0.15, -0.1) is 0 Å². The Hall–Kier alpha value is -4.17. The lowest BCUT2D eigenvalue weighted by Crippen LogP contribution is -2.58. The van der Waals surface area contributed by atoms with E-state index >= 15 is 0 Å². The van der Waals surface area contributed by atoms with Gasteiger partial charge in [0.15, 0.2) is 0 Å². The molecule has 222 valence electrons. The Bertz CT molecular complexity index is 1400. The van der Waals surface area contributed by atoms with Crippen molar-refractivity contribution in [1.82, 2.24) is 21.3 Å². The highest BCUT2D eigenvalue weighted by molar-refractivity contribution is 5.93. The normalized spacial score (nSPS) is 21.0. The Morgan fingerprint density at radius 1 is 0.857 bits per heavy atom. The molecule has 1 heterocycles. The third-order valence-corrected chi connectivity index (χ3v) is 7.39. The molecular formula is C34H42N4O4. The van der Waals surface area contributed by atoms with Crippen LogP contribution in [-0.2, 0) is 20.8 Å². The molecule has 0 saturated heterocycles. The standard InChI is InChI=1S/C34H42N4O4/c1-4-10-28-32(39)36-18-9-14-26-12-7-8-15-30(26)42-20-19-35-29(33(40)38-31(23(2)3)34(41)37-28)22-24-16-17-25-11-5-6-13-27(25)21-24/h5-9,11-17,21,23,28-29,31,35H,4,10,18-20,22H2,1-3H3,(H,36,39)(H,37,41)(H,38,40)/t28-,29+,31+/m0/s1. The summed E-state index contributed by atoms with van der Waals surface area (Å²) in [5, 5.41) is 14.4. The summed E-state index contributed by atoms with van der Waals surface area (Å²) in [5.41, 5.74) is 1.89. The minimum Gasteiger partial charge on any atom is -0.492 e. The predicted octanol–water partition coefficient (Wildman–Crippen LogP) is 3.99. The van der Waals surface area contributed by atoms with Gasteiger partial charge < -0.3 is 26.0 Å². The maximum absolute atomic E-state index is 13.7. The number of benzene rings is 3. The number of nitrogens with one attached hydrogen (secondary N) is 4. The number of amides is 3. The number of hydrogen-bond acceptors (Lipinski definition) is 5. The fourth-order valence-corrected chi connectivity index (χ4v) is 5.08. The lowest BCUT2D eigenvalue weighted by Gasteiger charge is -2.27. The van der Waals surface area contributed by atoms with Crippen LogP contribution in [0.1, 0.15) is 44.7 Å². The highest BCUT2D eigenvalue weighted by Crippen LogP contribution is 2.20. The van der Waals surface area contributed by atoms with E-state index in [4.69, 9.17) is 4.74 Å². The van der Waals surface area contributed by atoms with E-state index in [1.807, 2.05) is 75.4 Å². The van der Waals surface area contributed by atoms with Crippen LogP contribution in [0.5, 0.6) is 5.75 Å². The Morgan fingerprint density at radius 3 is 2.40 bits per heavy atom. The molecule has 0 saturated carbocycles. The van der Waals surface area contributed by atoms with E-state index in [0.29, 0.717) is 32.5 Å². The van der Waals surface area contributed by atoms with Gasteiger partial charge in [-0.2, -0.15) is 0 Å². The van der Waals surface area contributed by atoms with Gasteiger partial charge in [-0.3, -0.25) is 14.4 Å². The van der Waals surface area contributed by atoms with Crippen LogP contribution in [0.2, 0.25) is 0 Å². The van der Waals surface area contributed by atoms with Crippen molar-refractivity contribution >= 4 is 34.6 Å². The smallest absolute Gasteiger partial charge is 0.243 e. The third-order valence-electron chi connectivity index (χ3n) is 7.39. The SMILES string of the molecule is CCC[C@@H]1NC(=O)[C@@H](C(C)C)NC(=O)[C@@H](Cc2ccc3ccccc3c2)NCCOc2ccccc2C=CCNC1=O. The summed E-state index contributed by atoms with van der Waals surface area (Å²) in [6.45, 7) is 6.81. The van der Waals surface area contributed by atoms with Crippen LogP contribution in [0.15, 0.2) is 72.8 Å². The molecule has 3 atom stereocenters. The van der Waals surface area contributed by atoms with Gasteiger partial charge in [0, 0.05) is 18.7 Å². The fraction of sp³-hybridized carbons (Fsp3) is 0.382. The van der Waals surface area contributed by atoms with Crippen molar-refractivity contribution in [3.8, 4) is 5.75 Å². The quantitative estimate of drug-likeness (QED) is 0.371. The van der Waals surface area contributed by atoms with E-state index in [1.165, 1.54) is 0 Å². The first-order valence-corrected chi connectivity index (χ1v) is 14.8. The number of rotatable bonds is 5. The monoisotopic (exact) mass is 570 g/mol. The Kier molecular flexibility index (Phi) is 11.1. The van der Waals surface area contributed by atoms with Gasteiger partial charge >= 0.3 is 0 Å². The first-order valence-electron chi connectivity index (χ1n) is 14.8. The second-order valence-corrected chi connectivity index (χ2v) is 11.0. The van der Waals surface area contributed by atoms with Gasteiger partial charge in [-0.25, -0.2) is 0 Å². The van der Waals surface area contributed by atoms with E-state index in [9.17, 15) is 14.4 Å². The van der Waals surface area contributed by atoms with Gasteiger partial charge in [-0.1, -0.05) is 100 Å². The molecule has 4 rings (SSSR count). The average molecular weight is 571 g/mol. The zero-order chi connectivity index (χ0) is 29.9. The zero-order valence-corrected chi connectivity index (χ0v) is 24.7. The zero-order valence-electron chi connectivity index (χ0n) is 24.7. The van der Waals surface area contributed by atoms with Crippen molar-refractivity contribution in [1.29, 1.82) is 0 Å². The van der Waals surface area contributed by atoms with Gasteiger partial charge in [0.05, 0.1) is 6.04 Å². The summed E-state index contributed by atoms with van der Waals surface area (Å²) in [7, 11) is 0. The molecule has 0 fully saturated rings. The Labute approximate surface area is 248 Å². The Morgan fingerprint density at radius 2 is 1.62 bits per heavy atom. The van der Waals surface area contributed by atoms with Gasteiger partial charge in [-0.05, 0) is 41.2 Å². The molecule has 3 aromatic rings. The second kappa shape index (κ2) is 15.2. The van der Waals surface area contributed by atoms with E-state index in [-0.39, 0.29) is 23.6 Å². The molecule has 0 spiro atoms. The summed E-state index contributed by atoms with van der Waals surface area (Å²) < 4.78 is 6.07. The molecule has 0 aliphatic carbocycles. The summed E-state index contributed by atoms with van der Waals surface area (Å²) in [4.78, 5) is 40.1. The maximum Gasteiger partial charge on any atom is 0.243 e. The first kappa shape index (κ1) is 30.8. The molecule has 8 heteroatoms. The summed E-state index contributed by atoms with van der Waals surface area (Å²) >= 11 is 0. The van der Waals surface area contributed by atoms with Gasteiger partial charge in [0.25, 0.3) is 0 Å². The van der Waals surface area contributed by atoms with Gasteiger partial charge in [0.2, 0.25) is 17.7 Å². The predicted molar refractivity (Wildman–Crippen MR) is 167 cm³/mol. The molecule has 0 aromatic heterocycles. The largest absolute Gasteiger partial charge is 0.492 e. The second-order valence-electron chi connectivity index (χ2n) is 11.0. The van der Waals surface area contributed by atoms with E-state index in [2.05, 4.69) is 45.5 Å². The van der Waals surface area contributed by atoms with E-state index < -0.39 is 18.1 Å². The molecule has 0 radical (unpaired) electrons. The molecule has 1 aliphatic rings. The summed E-state index contributed by atoms with van der Waals surface area (Å²) in [6, 6.07) is 19.9.